The third-order valence-electron chi connectivity index (χ3n) is 4.71. The van der Waals surface area contributed by atoms with Crippen LogP contribution in [0.4, 0.5) is 0 Å². The molecule has 0 bridgehead atoms. The van der Waals surface area contributed by atoms with Gasteiger partial charge in [0.05, 0.1) is 18.8 Å². The van der Waals surface area contributed by atoms with Gasteiger partial charge in [0.25, 0.3) is 0 Å². The molecule has 0 aromatic heterocycles. The van der Waals surface area contributed by atoms with Gasteiger partial charge in [0.2, 0.25) is 0 Å². The molecule has 0 amide bonds. The molecule has 1 aromatic rings. The maximum atomic E-state index is 12.6. The van der Waals surface area contributed by atoms with Crippen molar-refractivity contribution in [3.8, 4) is 0 Å². The molecule has 2 saturated heterocycles. The van der Waals surface area contributed by atoms with Crippen molar-refractivity contribution >= 4 is 11.9 Å². The monoisotopic (exact) mass is 330 g/mol. The summed E-state index contributed by atoms with van der Waals surface area (Å²) in [6.45, 7) is 6.28. The summed E-state index contributed by atoms with van der Waals surface area (Å²) in [6.07, 6.45) is 4.57. The van der Waals surface area contributed by atoms with E-state index in [-0.39, 0.29) is 30.0 Å². The minimum absolute atomic E-state index is 0.0865. The van der Waals surface area contributed by atoms with Crippen molar-refractivity contribution in [2.24, 2.45) is 5.92 Å². The number of ketones is 1. The predicted octanol–water partition coefficient (Wildman–Crippen LogP) is 3.60. The molecule has 0 saturated carbocycles. The summed E-state index contributed by atoms with van der Waals surface area (Å²) < 4.78 is 17.8. The second-order valence-corrected chi connectivity index (χ2v) is 6.96. The van der Waals surface area contributed by atoms with Crippen molar-refractivity contribution in [2.75, 3.05) is 6.61 Å². The largest absolute Gasteiger partial charge is 0.367 e. The van der Waals surface area contributed by atoms with E-state index in [0.29, 0.717) is 13.0 Å². The maximum absolute atomic E-state index is 12.6. The Kier molecular flexibility index (Phi) is 5.18. The van der Waals surface area contributed by atoms with Crippen LogP contribution in [0.3, 0.4) is 0 Å². The first-order valence-electron chi connectivity index (χ1n) is 8.71. The molecule has 2 heterocycles. The zero-order valence-corrected chi connectivity index (χ0v) is 14.6. The van der Waals surface area contributed by atoms with Crippen molar-refractivity contribution in [1.29, 1.82) is 0 Å². The summed E-state index contributed by atoms with van der Waals surface area (Å²) in [4.78, 5) is 12.6. The first-order valence-corrected chi connectivity index (χ1v) is 8.71. The van der Waals surface area contributed by atoms with E-state index in [1.807, 2.05) is 63.3 Å². The number of benzene rings is 1. The molecule has 24 heavy (non-hydrogen) atoms. The minimum Gasteiger partial charge on any atom is -0.367 e. The highest BCUT2D eigenvalue weighted by atomic mass is 16.7. The van der Waals surface area contributed by atoms with E-state index in [4.69, 9.17) is 14.2 Å². The lowest BCUT2D eigenvalue weighted by atomic mass is 9.86. The molecular formula is C20H26O4. The summed E-state index contributed by atoms with van der Waals surface area (Å²) >= 11 is 0. The second kappa shape index (κ2) is 7.18. The van der Waals surface area contributed by atoms with Crippen LogP contribution in [-0.4, -0.2) is 36.5 Å². The van der Waals surface area contributed by atoms with Crippen LogP contribution in [0.25, 0.3) is 6.08 Å². The number of hydrogen-bond acceptors (Lipinski definition) is 4. The van der Waals surface area contributed by atoms with Gasteiger partial charge in [0, 0.05) is 12.3 Å². The summed E-state index contributed by atoms with van der Waals surface area (Å²) in [6, 6.07) is 10.1. The van der Waals surface area contributed by atoms with Crippen molar-refractivity contribution in [3.05, 3.63) is 42.0 Å². The fourth-order valence-corrected chi connectivity index (χ4v) is 3.40. The van der Waals surface area contributed by atoms with Gasteiger partial charge in [0.15, 0.2) is 5.79 Å². The molecule has 4 nitrogen and oxygen atoms in total. The highest BCUT2D eigenvalue weighted by Gasteiger charge is 2.44. The van der Waals surface area contributed by atoms with Crippen LogP contribution in [-0.2, 0) is 19.0 Å². The zero-order chi connectivity index (χ0) is 17.2. The molecule has 0 N–H and O–H groups in total. The highest BCUT2D eigenvalue weighted by molar-refractivity contribution is 5.83. The Labute approximate surface area is 143 Å². The fourth-order valence-electron chi connectivity index (χ4n) is 3.40. The van der Waals surface area contributed by atoms with Gasteiger partial charge in [-0.05, 0) is 25.8 Å². The predicted molar refractivity (Wildman–Crippen MR) is 92.4 cm³/mol. The lowest BCUT2D eigenvalue weighted by molar-refractivity contribution is -0.176. The van der Waals surface area contributed by atoms with Crippen LogP contribution in [0.2, 0.25) is 0 Å². The fraction of sp³-hybridized carbons (Fsp3) is 0.550. The highest BCUT2D eigenvalue weighted by Crippen LogP contribution is 2.33. The van der Waals surface area contributed by atoms with E-state index in [2.05, 4.69) is 0 Å². The number of rotatable bonds is 4. The van der Waals surface area contributed by atoms with Gasteiger partial charge < -0.3 is 14.2 Å². The smallest absolute Gasteiger partial charge is 0.163 e. The van der Waals surface area contributed by atoms with Gasteiger partial charge >= 0.3 is 0 Å². The Morgan fingerprint density at radius 2 is 1.96 bits per heavy atom. The number of Topliss-reactive ketones (excluding diaryl/α,β-unsaturated/α-hetero) is 1. The molecule has 0 spiro atoms. The molecular weight excluding hydrogens is 304 g/mol. The Balaban J connectivity index is 1.73. The van der Waals surface area contributed by atoms with E-state index in [1.165, 1.54) is 0 Å². The van der Waals surface area contributed by atoms with Crippen molar-refractivity contribution in [1.82, 2.24) is 0 Å². The summed E-state index contributed by atoms with van der Waals surface area (Å²) in [5.74, 6) is -0.435. The normalized spacial score (nSPS) is 33.2. The van der Waals surface area contributed by atoms with Gasteiger partial charge in [-0.3, -0.25) is 4.79 Å². The van der Waals surface area contributed by atoms with Crippen molar-refractivity contribution in [3.63, 3.8) is 0 Å². The Morgan fingerprint density at radius 3 is 2.58 bits per heavy atom. The first-order chi connectivity index (χ1) is 11.5. The topological polar surface area (TPSA) is 44.8 Å². The van der Waals surface area contributed by atoms with Crippen LogP contribution < -0.4 is 0 Å². The van der Waals surface area contributed by atoms with Crippen LogP contribution >= 0.6 is 0 Å². The van der Waals surface area contributed by atoms with E-state index in [9.17, 15) is 4.79 Å². The SMILES string of the molecule is CC[C@@H]1C(=O)C[C@H]([C@H]2COC(C)(C)O2)O[C@@H]1/C=C/c1ccccc1. The summed E-state index contributed by atoms with van der Waals surface area (Å²) in [5, 5.41) is 0. The van der Waals surface area contributed by atoms with Gasteiger partial charge in [-0.1, -0.05) is 49.4 Å². The molecule has 2 fully saturated rings. The standard InChI is InChI=1S/C20H26O4/c1-4-15-16(21)12-18(19-13-22-20(2,3)24-19)23-17(15)11-10-14-8-6-5-7-9-14/h5-11,15,17-19H,4,12-13H2,1-3H3/b11-10+/t15-,17-,18-,19-/m1/s1. The maximum Gasteiger partial charge on any atom is 0.163 e. The van der Waals surface area contributed by atoms with Crippen LogP contribution in [0.1, 0.15) is 39.2 Å². The van der Waals surface area contributed by atoms with Crippen LogP contribution in [0.5, 0.6) is 0 Å². The van der Waals surface area contributed by atoms with E-state index in [1.54, 1.807) is 0 Å². The third kappa shape index (κ3) is 3.94. The Morgan fingerprint density at radius 1 is 1.21 bits per heavy atom. The molecule has 0 aliphatic carbocycles. The van der Waals surface area contributed by atoms with E-state index in [0.717, 1.165) is 12.0 Å². The Hall–Kier alpha value is -1.49. The average molecular weight is 330 g/mol. The molecule has 0 unspecified atom stereocenters. The van der Waals surface area contributed by atoms with Crippen LogP contribution in [0.15, 0.2) is 36.4 Å². The van der Waals surface area contributed by atoms with Gasteiger partial charge in [-0.15, -0.1) is 0 Å². The van der Waals surface area contributed by atoms with E-state index < -0.39 is 5.79 Å². The number of ether oxygens (including phenoxy) is 3. The lowest BCUT2D eigenvalue weighted by Crippen LogP contribution is -2.46. The first kappa shape index (κ1) is 17.3. The average Bonchev–Trinajstić information content (AvgIpc) is 2.93. The van der Waals surface area contributed by atoms with Gasteiger partial charge in [-0.25, -0.2) is 0 Å². The molecule has 4 atom stereocenters. The molecule has 3 rings (SSSR count). The number of hydrogen-bond donors (Lipinski definition) is 0. The number of carbonyl (C=O) groups excluding carboxylic acids is 1. The molecule has 1 aromatic carbocycles. The Bertz CT molecular complexity index is 593. The molecule has 2 aliphatic heterocycles. The van der Waals surface area contributed by atoms with Crippen molar-refractivity contribution < 1.29 is 19.0 Å². The molecule has 2 aliphatic rings. The minimum atomic E-state index is -0.603. The van der Waals surface area contributed by atoms with Crippen molar-refractivity contribution in [2.45, 2.75) is 57.7 Å². The van der Waals surface area contributed by atoms with Gasteiger partial charge in [0.1, 0.15) is 11.9 Å². The third-order valence-corrected chi connectivity index (χ3v) is 4.71. The quantitative estimate of drug-likeness (QED) is 0.846. The zero-order valence-electron chi connectivity index (χ0n) is 14.6. The second-order valence-electron chi connectivity index (χ2n) is 6.96. The molecule has 0 radical (unpaired) electrons. The number of carbonyl (C=O) groups is 1. The van der Waals surface area contributed by atoms with Crippen LogP contribution in [0, 0.1) is 5.92 Å². The van der Waals surface area contributed by atoms with Gasteiger partial charge in [-0.2, -0.15) is 0 Å². The summed E-state index contributed by atoms with van der Waals surface area (Å²) in [7, 11) is 0. The molecule has 130 valence electrons. The summed E-state index contributed by atoms with van der Waals surface area (Å²) in [5.41, 5.74) is 1.10. The molecule has 4 heteroatoms. The van der Waals surface area contributed by atoms with E-state index >= 15 is 0 Å². The lowest BCUT2D eigenvalue weighted by Gasteiger charge is -2.36.